The van der Waals surface area contributed by atoms with Crippen LogP contribution in [-0.2, 0) is 9.53 Å². The summed E-state index contributed by atoms with van der Waals surface area (Å²) >= 11 is 0. The molecule has 0 aromatic carbocycles. The Morgan fingerprint density at radius 1 is 1.54 bits per heavy atom. The molecule has 1 aliphatic heterocycles. The van der Waals surface area contributed by atoms with E-state index in [0.717, 1.165) is 32.1 Å². The topological polar surface area (TPSA) is 26.3 Å². The van der Waals surface area contributed by atoms with Gasteiger partial charge in [0, 0.05) is 6.42 Å². The SMILES string of the molecule is CC/C=C\CC[C@H]1CCCC(=O)O1. The van der Waals surface area contributed by atoms with Crippen molar-refractivity contribution < 1.29 is 9.53 Å². The average Bonchev–Trinajstić information content (AvgIpc) is 2.13. The van der Waals surface area contributed by atoms with Gasteiger partial charge >= 0.3 is 5.97 Å². The summed E-state index contributed by atoms with van der Waals surface area (Å²) in [7, 11) is 0. The van der Waals surface area contributed by atoms with Crippen LogP contribution in [0.3, 0.4) is 0 Å². The van der Waals surface area contributed by atoms with Gasteiger partial charge in [0.15, 0.2) is 0 Å². The summed E-state index contributed by atoms with van der Waals surface area (Å²) in [6.45, 7) is 2.12. The van der Waals surface area contributed by atoms with Crippen molar-refractivity contribution in [2.24, 2.45) is 0 Å². The molecular formula is C11H18O2. The quantitative estimate of drug-likeness (QED) is 0.493. The van der Waals surface area contributed by atoms with E-state index in [0.29, 0.717) is 6.42 Å². The second kappa shape index (κ2) is 5.79. The highest BCUT2D eigenvalue weighted by atomic mass is 16.5. The molecule has 74 valence electrons. The molecule has 1 aliphatic rings. The third-order valence-electron chi connectivity index (χ3n) is 2.26. The number of allylic oxidation sites excluding steroid dienone is 2. The molecule has 0 bridgehead atoms. The molecule has 0 radical (unpaired) electrons. The van der Waals surface area contributed by atoms with Crippen LogP contribution in [0.25, 0.3) is 0 Å². The van der Waals surface area contributed by atoms with Crippen molar-refractivity contribution in [3.8, 4) is 0 Å². The van der Waals surface area contributed by atoms with Crippen molar-refractivity contribution in [2.75, 3.05) is 0 Å². The van der Waals surface area contributed by atoms with Crippen LogP contribution in [0.15, 0.2) is 12.2 Å². The van der Waals surface area contributed by atoms with Gasteiger partial charge in [-0.1, -0.05) is 19.1 Å². The fourth-order valence-electron chi connectivity index (χ4n) is 1.55. The fraction of sp³-hybridized carbons (Fsp3) is 0.727. The Morgan fingerprint density at radius 3 is 3.08 bits per heavy atom. The van der Waals surface area contributed by atoms with E-state index in [9.17, 15) is 4.79 Å². The van der Waals surface area contributed by atoms with Crippen LogP contribution < -0.4 is 0 Å². The number of hydrogen-bond acceptors (Lipinski definition) is 2. The molecule has 0 saturated carbocycles. The highest BCUT2D eigenvalue weighted by Crippen LogP contribution is 2.18. The number of cyclic esters (lactones) is 1. The van der Waals surface area contributed by atoms with Crippen molar-refractivity contribution in [1.82, 2.24) is 0 Å². The average molecular weight is 182 g/mol. The zero-order chi connectivity index (χ0) is 9.52. The lowest BCUT2D eigenvalue weighted by atomic mass is 10.0. The van der Waals surface area contributed by atoms with Gasteiger partial charge in [-0.3, -0.25) is 4.79 Å². The molecule has 1 atom stereocenters. The van der Waals surface area contributed by atoms with E-state index in [2.05, 4.69) is 19.1 Å². The lowest BCUT2D eigenvalue weighted by Gasteiger charge is -2.21. The summed E-state index contributed by atoms with van der Waals surface area (Å²) in [5, 5.41) is 0. The lowest BCUT2D eigenvalue weighted by molar-refractivity contribution is -0.153. The third kappa shape index (κ3) is 4.11. The van der Waals surface area contributed by atoms with Crippen LogP contribution in [0, 0.1) is 0 Å². The first-order valence-electron chi connectivity index (χ1n) is 5.17. The van der Waals surface area contributed by atoms with E-state index >= 15 is 0 Å². The largest absolute Gasteiger partial charge is 0.462 e. The van der Waals surface area contributed by atoms with Gasteiger partial charge < -0.3 is 4.74 Å². The molecule has 0 N–H and O–H groups in total. The third-order valence-corrected chi connectivity index (χ3v) is 2.26. The number of carbonyl (C=O) groups is 1. The Morgan fingerprint density at radius 2 is 2.38 bits per heavy atom. The standard InChI is InChI=1S/C11H18O2/c1-2-3-4-5-7-10-8-6-9-11(12)13-10/h3-4,10H,2,5-9H2,1H3/b4-3-/t10-/m0/s1. The van der Waals surface area contributed by atoms with E-state index in [-0.39, 0.29) is 12.1 Å². The van der Waals surface area contributed by atoms with Crippen molar-refractivity contribution in [3.05, 3.63) is 12.2 Å². The van der Waals surface area contributed by atoms with Gasteiger partial charge in [-0.2, -0.15) is 0 Å². The highest BCUT2D eigenvalue weighted by Gasteiger charge is 2.18. The minimum absolute atomic E-state index is 0.0179. The second-order valence-corrected chi connectivity index (χ2v) is 3.46. The van der Waals surface area contributed by atoms with E-state index in [1.165, 1.54) is 0 Å². The lowest BCUT2D eigenvalue weighted by Crippen LogP contribution is -2.23. The minimum Gasteiger partial charge on any atom is -0.462 e. The summed E-state index contributed by atoms with van der Waals surface area (Å²) in [5.41, 5.74) is 0. The summed E-state index contributed by atoms with van der Waals surface area (Å²) in [6, 6.07) is 0. The van der Waals surface area contributed by atoms with Crippen LogP contribution in [0.4, 0.5) is 0 Å². The maximum atomic E-state index is 10.9. The number of carbonyl (C=O) groups excluding carboxylic acids is 1. The fourth-order valence-corrected chi connectivity index (χ4v) is 1.55. The van der Waals surface area contributed by atoms with Crippen LogP contribution in [0.1, 0.15) is 45.4 Å². The Balaban J connectivity index is 2.13. The molecule has 13 heavy (non-hydrogen) atoms. The molecule has 2 heteroatoms. The first kappa shape index (κ1) is 10.3. The summed E-state index contributed by atoms with van der Waals surface area (Å²) in [6.07, 6.45) is 10.3. The summed E-state index contributed by atoms with van der Waals surface area (Å²) in [4.78, 5) is 10.9. The molecule has 2 nitrogen and oxygen atoms in total. The predicted octanol–water partition coefficient (Wildman–Crippen LogP) is 2.83. The zero-order valence-electron chi connectivity index (χ0n) is 8.29. The first-order chi connectivity index (χ1) is 6.33. The molecule has 1 fully saturated rings. The monoisotopic (exact) mass is 182 g/mol. The molecule has 0 amide bonds. The normalized spacial score (nSPS) is 23.5. The number of rotatable bonds is 4. The highest BCUT2D eigenvalue weighted by molar-refractivity contribution is 5.70. The molecule has 1 rings (SSSR count). The van der Waals surface area contributed by atoms with Gasteiger partial charge in [0.1, 0.15) is 6.10 Å². The molecular weight excluding hydrogens is 164 g/mol. The van der Waals surface area contributed by atoms with Gasteiger partial charge in [-0.15, -0.1) is 0 Å². The van der Waals surface area contributed by atoms with Crippen LogP contribution in [0.2, 0.25) is 0 Å². The smallest absolute Gasteiger partial charge is 0.306 e. The van der Waals surface area contributed by atoms with Gasteiger partial charge in [0.25, 0.3) is 0 Å². The zero-order valence-corrected chi connectivity index (χ0v) is 8.29. The Labute approximate surface area is 80.0 Å². The molecule has 0 aliphatic carbocycles. The van der Waals surface area contributed by atoms with E-state index in [1.54, 1.807) is 0 Å². The minimum atomic E-state index is -0.0179. The Hall–Kier alpha value is -0.790. The van der Waals surface area contributed by atoms with Crippen LogP contribution in [0.5, 0.6) is 0 Å². The second-order valence-electron chi connectivity index (χ2n) is 3.46. The molecule has 0 spiro atoms. The maximum Gasteiger partial charge on any atom is 0.306 e. The Bertz CT molecular complexity index is 185. The van der Waals surface area contributed by atoms with Gasteiger partial charge in [0.2, 0.25) is 0 Å². The maximum absolute atomic E-state index is 10.9. The van der Waals surface area contributed by atoms with Crippen LogP contribution >= 0.6 is 0 Å². The van der Waals surface area contributed by atoms with Crippen molar-refractivity contribution in [1.29, 1.82) is 0 Å². The summed E-state index contributed by atoms with van der Waals surface area (Å²) in [5.74, 6) is -0.0179. The molecule has 0 unspecified atom stereocenters. The summed E-state index contributed by atoms with van der Waals surface area (Å²) < 4.78 is 5.19. The number of ether oxygens (including phenoxy) is 1. The predicted molar refractivity (Wildman–Crippen MR) is 52.4 cm³/mol. The first-order valence-corrected chi connectivity index (χ1v) is 5.17. The van der Waals surface area contributed by atoms with Gasteiger partial charge in [-0.05, 0) is 32.1 Å². The number of hydrogen-bond donors (Lipinski definition) is 0. The van der Waals surface area contributed by atoms with Crippen molar-refractivity contribution >= 4 is 5.97 Å². The van der Waals surface area contributed by atoms with E-state index in [4.69, 9.17) is 4.74 Å². The molecule has 1 heterocycles. The Kier molecular flexibility index (Phi) is 4.58. The van der Waals surface area contributed by atoms with E-state index in [1.807, 2.05) is 0 Å². The van der Waals surface area contributed by atoms with Gasteiger partial charge in [-0.25, -0.2) is 0 Å². The van der Waals surface area contributed by atoms with Crippen LogP contribution in [-0.4, -0.2) is 12.1 Å². The van der Waals surface area contributed by atoms with Gasteiger partial charge in [0.05, 0.1) is 0 Å². The number of esters is 1. The molecule has 0 aromatic rings. The van der Waals surface area contributed by atoms with E-state index < -0.39 is 0 Å². The molecule has 0 aromatic heterocycles. The van der Waals surface area contributed by atoms with Crippen molar-refractivity contribution in [3.63, 3.8) is 0 Å². The van der Waals surface area contributed by atoms with Crippen molar-refractivity contribution in [2.45, 2.75) is 51.6 Å². The molecule has 1 saturated heterocycles.